The van der Waals surface area contributed by atoms with E-state index >= 15 is 0 Å². The maximum atomic E-state index is 14.4. The summed E-state index contributed by atoms with van der Waals surface area (Å²) >= 11 is 0. The maximum Gasteiger partial charge on any atom is 0.351 e. The number of halogens is 1. The lowest BCUT2D eigenvalue weighted by Crippen LogP contribution is -2.36. The summed E-state index contributed by atoms with van der Waals surface area (Å²) in [7, 11) is 5.29. The fourth-order valence-corrected chi connectivity index (χ4v) is 4.77. The van der Waals surface area contributed by atoms with Crippen molar-refractivity contribution < 1.29 is 23.7 Å². The number of nitrogens with one attached hydrogen (secondary N) is 4. The minimum Gasteiger partial charge on any atom is -0.493 e. The van der Waals surface area contributed by atoms with Crippen LogP contribution in [0.15, 0.2) is 36.4 Å². The van der Waals surface area contributed by atoms with E-state index in [0.29, 0.717) is 47.3 Å². The first-order valence-corrected chi connectivity index (χ1v) is 12.4. The van der Waals surface area contributed by atoms with Crippen LogP contribution in [0.25, 0.3) is 11.0 Å². The van der Waals surface area contributed by atoms with Crippen LogP contribution in [-0.4, -0.2) is 61.0 Å². The molecular weight excluding hydrogens is 503 g/mol. The number of aromatic amines is 2. The van der Waals surface area contributed by atoms with Crippen LogP contribution in [0.5, 0.6) is 5.75 Å². The minimum absolute atomic E-state index is 0.00895. The monoisotopic (exact) mass is 533 g/mol. The summed E-state index contributed by atoms with van der Waals surface area (Å²) in [6.45, 7) is 2.78. The van der Waals surface area contributed by atoms with Crippen molar-refractivity contribution in [2.24, 2.45) is 5.73 Å². The lowest BCUT2D eigenvalue weighted by molar-refractivity contribution is -0.345. The number of fused-ring (bicyclic) bond motifs is 2. The molecule has 5 rings (SSSR count). The molecule has 11 nitrogen and oxygen atoms in total. The quantitative estimate of drug-likeness (QED) is 0.273. The number of carbonyl (C=O) groups excluding carboxylic acids is 2. The summed E-state index contributed by atoms with van der Waals surface area (Å²) in [5, 5.41) is 7.06. The first kappa shape index (κ1) is 25.9. The molecule has 2 aromatic heterocycles. The molecule has 1 aliphatic heterocycles. The molecule has 0 bridgehead atoms. The van der Waals surface area contributed by atoms with Gasteiger partial charge in [0.05, 0.1) is 30.4 Å². The molecule has 0 radical (unpaired) electrons. The molecule has 3 heterocycles. The number of hydrogen-bond acceptors (Lipinski definition) is 7. The molecule has 0 atom stereocenters. The van der Waals surface area contributed by atoms with E-state index < -0.39 is 11.7 Å². The Labute approximate surface area is 224 Å². The summed E-state index contributed by atoms with van der Waals surface area (Å²) in [6, 6.07) is 9.90. The van der Waals surface area contributed by atoms with Gasteiger partial charge in [0.15, 0.2) is 5.75 Å². The number of primary amides is 1. The van der Waals surface area contributed by atoms with Crippen molar-refractivity contribution in [3.05, 3.63) is 59.0 Å². The summed E-state index contributed by atoms with van der Waals surface area (Å²) in [4.78, 5) is 39.5. The second-order valence-electron chi connectivity index (χ2n) is 9.67. The Hall–Kier alpha value is -4.71. The summed E-state index contributed by atoms with van der Waals surface area (Å²) in [6.07, 6.45) is 0.729. The number of amides is 2. The first-order chi connectivity index (χ1) is 18.6. The standard InChI is InChI=1S/C27H29FN8O3/c1-14-10-16-25(30-14)33-27(34-26(16)31-18-7-5-6-17(28)23(18)24(29)38)32-19-12-20-15(11-21(19)39-4)8-9-36(20)22(37)13-35(2)3/h5-7,10-12H,8-9,13H2,1-4H3,(H2,29,38)(H3,30,31,32,33,34)/p+1. The number of nitrogens with zero attached hydrogens (tertiary/aromatic N) is 3. The number of nitrogens with two attached hydrogens (primary N) is 1. The highest BCUT2D eigenvalue weighted by molar-refractivity contribution is 6.01. The molecule has 0 saturated carbocycles. The average Bonchev–Trinajstić information content (AvgIpc) is 3.45. The van der Waals surface area contributed by atoms with Gasteiger partial charge in [-0.05, 0) is 57.3 Å². The van der Waals surface area contributed by atoms with Gasteiger partial charge in [0.1, 0.15) is 17.1 Å². The van der Waals surface area contributed by atoms with Crippen LogP contribution in [0.3, 0.4) is 0 Å². The van der Waals surface area contributed by atoms with Gasteiger partial charge in [-0.1, -0.05) is 11.1 Å². The number of aryl methyl sites for hydroxylation is 1. The van der Waals surface area contributed by atoms with E-state index in [-0.39, 0.29) is 17.2 Å². The van der Waals surface area contributed by atoms with Crippen molar-refractivity contribution >= 4 is 51.7 Å². The van der Waals surface area contributed by atoms with Crippen molar-refractivity contribution in [2.45, 2.75) is 13.3 Å². The van der Waals surface area contributed by atoms with E-state index in [1.165, 1.54) is 12.1 Å². The zero-order valence-electron chi connectivity index (χ0n) is 22.1. The topological polar surface area (TPSA) is 143 Å². The van der Waals surface area contributed by atoms with E-state index in [1.54, 1.807) is 18.1 Å². The number of carbonyl (C=O) groups is 2. The van der Waals surface area contributed by atoms with Gasteiger partial charge in [0.25, 0.3) is 5.91 Å². The highest BCUT2D eigenvalue weighted by atomic mass is 19.1. The number of H-pyrrole nitrogens is 2. The Kier molecular flexibility index (Phi) is 6.79. The van der Waals surface area contributed by atoms with E-state index in [2.05, 4.69) is 25.6 Å². The molecule has 2 aromatic carbocycles. The molecule has 39 heavy (non-hydrogen) atoms. The molecule has 0 fully saturated rings. The molecule has 1 aliphatic rings. The zero-order chi connectivity index (χ0) is 27.8. The van der Waals surface area contributed by atoms with Gasteiger partial charge in [-0.25, -0.2) is 9.37 Å². The minimum atomic E-state index is -0.888. The molecule has 202 valence electrons. The normalized spacial score (nSPS) is 12.6. The SMILES string of the molecule is COc1cc2c(cc1Nc1nc3[nH]c(C)cc3c(Nc3cccc(F)c3C(N)=O)[nH+]1)N(C(=O)CN(C)C)CC2. The molecule has 0 spiro atoms. The van der Waals surface area contributed by atoms with Gasteiger partial charge >= 0.3 is 5.95 Å². The number of likely N-dealkylation sites (N-methyl/N-ethyl adjacent to an activating group) is 1. The third-order valence-corrected chi connectivity index (χ3v) is 6.49. The lowest BCUT2D eigenvalue weighted by atomic mass is 10.1. The van der Waals surface area contributed by atoms with Crippen LogP contribution in [0, 0.1) is 12.7 Å². The second-order valence-corrected chi connectivity index (χ2v) is 9.67. The number of benzene rings is 2. The maximum absolute atomic E-state index is 14.4. The van der Waals surface area contributed by atoms with Crippen LogP contribution < -0.4 is 31.0 Å². The van der Waals surface area contributed by atoms with Gasteiger partial charge in [0.2, 0.25) is 17.4 Å². The highest BCUT2D eigenvalue weighted by Crippen LogP contribution is 2.38. The first-order valence-electron chi connectivity index (χ1n) is 12.4. The van der Waals surface area contributed by atoms with Crippen LogP contribution in [0.2, 0.25) is 0 Å². The molecule has 0 aliphatic carbocycles. The Morgan fingerprint density at radius 1 is 1.23 bits per heavy atom. The summed E-state index contributed by atoms with van der Waals surface area (Å²) in [5.74, 6) is -0.216. The molecule has 0 unspecified atom stereocenters. The van der Waals surface area contributed by atoms with Gasteiger partial charge in [-0.2, -0.15) is 0 Å². The van der Waals surface area contributed by atoms with E-state index in [9.17, 15) is 14.0 Å². The summed E-state index contributed by atoms with van der Waals surface area (Å²) < 4.78 is 20.1. The average molecular weight is 534 g/mol. The van der Waals surface area contributed by atoms with E-state index in [0.717, 1.165) is 23.4 Å². The molecule has 6 N–H and O–H groups in total. The largest absolute Gasteiger partial charge is 0.493 e. The van der Waals surface area contributed by atoms with Crippen LogP contribution in [-0.2, 0) is 11.2 Å². The van der Waals surface area contributed by atoms with E-state index in [4.69, 9.17) is 10.5 Å². The molecular formula is C27H30FN8O3+. The van der Waals surface area contributed by atoms with Crippen LogP contribution in [0.1, 0.15) is 21.6 Å². The predicted octanol–water partition coefficient (Wildman–Crippen LogP) is 2.87. The number of rotatable bonds is 8. The van der Waals surface area contributed by atoms with Crippen molar-refractivity contribution in [2.75, 3.05) is 49.8 Å². The number of hydrogen-bond donors (Lipinski definition) is 4. The van der Waals surface area contributed by atoms with Crippen LogP contribution in [0.4, 0.5) is 33.2 Å². The Morgan fingerprint density at radius 3 is 2.74 bits per heavy atom. The second kappa shape index (κ2) is 10.2. The highest BCUT2D eigenvalue weighted by Gasteiger charge is 2.28. The van der Waals surface area contributed by atoms with E-state index in [1.807, 2.05) is 44.1 Å². The molecule has 0 saturated heterocycles. The fourth-order valence-electron chi connectivity index (χ4n) is 4.77. The Bertz CT molecular complexity index is 1600. The number of ether oxygens (including phenoxy) is 1. The number of aromatic nitrogens is 3. The van der Waals surface area contributed by atoms with Gasteiger partial charge in [-0.3, -0.25) is 20.2 Å². The summed E-state index contributed by atoms with van der Waals surface area (Å²) in [5.41, 5.74) is 9.24. The van der Waals surface area contributed by atoms with Gasteiger partial charge in [-0.15, -0.1) is 0 Å². The third kappa shape index (κ3) is 5.06. The van der Waals surface area contributed by atoms with Crippen molar-refractivity contribution in [3.63, 3.8) is 0 Å². The molecule has 4 aromatic rings. The third-order valence-electron chi connectivity index (χ3n) is 6.49. The van der Waals surface area contributed by atoms with Crippen molar-refractivity contribution in [3.8, 4) is 5.75 Å². The van der Waals surface area contributed by atoms with Crippen molar-refractivity contribution in [1.82, 2.24) is 14.9 Å². The Balaban J connectivity index is 1.55. The van der Waals surface area contributed by atoms with Gasteiger partial charge < -0.3 is 25.3 Å². The number of methoxy groups -OCH3 is 1. The van der Waals surface area contributed by atoms with Crippen molar-refractivity contribution in [1.29, 1.82) is 0 Å². The zero-order valence-corrected chi connectivity index (χ0v) is 22.1. The molecule has 12 heteroatoms. The molecule has 2 amide bonds. The number of anilines is 5. The smallest absolute Gasteiger partial charge is 0.351 e. The lowest BCUT2D eigenvalue weighted by Gasteiger charge is -2.20. The van der Waals surface area contributed by atoms with Gasteiger partial charge in [0, 0.05) is 18.3 Å². The Morgan fingerprint density at radius 2 is 2.03 bits per heavy atom. The van der Waals surface area contributed by atoms with Crippen LogP contribution >= 0.6 is 0 Å². The predicted molar refractivity (Wildman–Crippen MR) is 146 cm³/mol. The fraction of sp³-hybridized carbons (Fsp3) is 0.259.